The Balaban J connectivity index is 1.92. The molecule has 1 heterocycles. The third-order valence-electron chi connectivity index (χ3n) is 2.64. The fraction of sp³-hybridized carbons (Fsp3) is 0.200. The lowest BCUT2D eigenvalue weighted by atomic mass is 10.2. The summed E-state index contributed by atoms with van der Waals surface area (Å²) >= 11 is 0. The molecule has 0 saturated carbocycles. The second-order valence-electron chi connectivity index (χ2n) is 4.02. The molecule has 0 aliphatic carbocycles. The van der Waals surface area contributed by atoms with Gasteiger partial charge in [0, 0.05) is 24.8 Å². The second-order valence-corrected chi connectivity index (χ2v) is 4.02. The van der Waals surface area contributed by atoms with Crippen molar-refractivity contribution in [1.82, 2.24) is 0 Å². The molecular formula is C15H17N2O+. The van der Waals surface area contributed by atoms with Crippen molar-refractivity contribution < 1.29 is 9.67 Å². The van der Waals surface area contributed by atoms with Crippen LogP contribution >= 0.6 is 0 Å². The van der Waals surface area contributed by atoms with Gasteiger partial charge in [0.15, 0.2) is 18.9 Å². The van der Waals surface area contributed by atoms with Crippen LogP contribution in [0.5, 0.6) is 0 Å². The molecule has 0 bridgehead atoms. The summed E-state index contributed by atoms with van der Waals surface area (Å²) in [6.45, 7) is 0.803. The van der Waals surface area contributed by atoms with Gasteiger partial charge in [-0.2, -0.15) is 0 Å². The van der Waals surface area contributed by atoms with Gasteiger partial charge >= 0.3 is 0 Å². The van der Waals surface area contributed by atoms with Crippen LogP contribution in [0.2, 0.25) is 0 Å². The summed E-state index contributed by atoms with van der Waals surface area (Å²) in [7, 11) is 0. The van der Waals surface area contributed by atoms with E-state index in [1.807, 2.05) is 65.6 Å². The lowest BCUT2D eigenvalue weighted by Crippen LogP contribution is -2.34. The molecule has 18 heavy (non-hydrogen) atoms. The largest absolute Gasteiger partial charge is 0.390 e. The van der Waals surface area contributed by atoms with Crippen molar-refractivity contribution >= 4 is 11.9 Å². The molecule has 1 aromatic heterocycles. The molecule has 0 amide bonds. The minimum absolute atomic E-state index is 0.166. The maximum Gasteiger partial charge on any atom is 0.171 e. The van der Waals surface area contributed by atoms with E-state index in [0.717, 1.165) is 12.1 Å². The normalized spacial score (nSPS) is 10.9. The van der Waals surface area contributed by atoms with Gasteiger partial charge in [-0.3, -0.25) is 4.99 Å². The van der Waals surface area contributed by atoms with E-state index in [9.17, 15) is 0 Å². The maximum atomic E-state index is 8.81. The van der Waals surface area contributed by atoms with Gasteiger partial charge in [0.1, 0.15) is 6.61 Å². The fourth-order valence-corrected chi connectivity index (χ4v) is 1.66. The molecule has 0 unspecified atom stereocenters. The molecular weight excluding hydrogens is 224 g/mol. The van der Waals surface area contributed by atoms with Crippen LogP contribution < -0.4 is 4.57 Å². The van der Waals surface area contributed by atoms with Crippen molar-refractivity contribution in [2.75, 3.05) is 6.61 Å². The van der Waals surface area contributed by atoms with Crippen molar-refractivity contribution in [1.29, 1.82) is 0 Å². The summed E-state index contributed by atoms with van der Waals surface area (Å²) in [6, 6.07) is 14.0. The van der Waals surface area contributed by atoms with Gasteiger partial charge in [0.2, 0.25) is 0 Å². The molecule has 0 saturated heterocycles. The van der Waals surface area contributed by atoms with Crippen molar-refractivity contribution in [2.24, 2.45) is 4.99 Å². The molecule has 2 aromatic rings. The number of aliphatic hydroxyl groups excluding tert-OH is 1. The van der Waals surface area contributed by atoms with Crippen LogP contribution in [0.1, 0.15) is 5.56 Å². The average Bonchev–Trinajstić information content (AvgIpc) is 2.42. The topological polar surface area (TPSA) is 36.5 Å². The second kappa shape index (κ2) is 6.67. The quantitative estimate of drug-likeness (QED) is 0.630. The first-order chi connectivity index (χ1) is 8.88. The highest BCUT2D eigenvalue weighted by Crippen LogP contribution is 2.08. The Morgan fingerprint density at radius 1 is 1.06 bits per heavy atom. The van der Waals surface area contributed by atoms with Gasteiger partial charge in [0.05, 0.1) is 5.69 Å². The van der Waals surface area contributed by atoms with Crippen LogP contribution in [-0.4, -0.2) is 17.9 Å². The van der Waals surface area contributed by atoms with Gasteiger partial charge in [0.25, 0.3) is 0 Å². The molecule has 3 heteroatoms. The zero-order valence-corrected chi connectivity index (χ0v) is 10.2. The van der Waals surface area contributed by atoms with Gasteiger partial charge in [-0.05, 0) is 17.7 Å². The Hall–Kier alpha value is -2.00. The fourth-order valence-electron chi connectivity index (χ4n) is 1.66. The van der Waals surface area contributed by atoms with Gasteiger partial charge < -0.3 is 5.11 Å². The molecule has 0 aliphatic rings. The Morgan fingerprint density at radius 3 is 2.44 bits per heavy atom. The van der Waals surface area contributed by atoms with E-state index in [0.29, 0.717) is 6.54 Å². The van der Waals surface area contributed by atoms with Gasteiger partial charge in [-0.25, -0.2) is 4.57 Å². The number of aliphatic imine (C=N–C) groups is 1. The summed E-state index contributed by atoms with van der Waals surface area (Å²) in [4.78, 5) is 4.39. The molecule has 2 rings (SSSR count). The van der Waals surface area contributed by atoms with E-state index in [1.165, 1.54) is 5.56 Å². The van der Waals surface area contributed by atoms with E-state index in [2.05, 4.69) is 4.99 Å². The lowest BCUT2D eigenvalue weighted by molar-refractivity contribution is -0.698. The van der Waals surface area contributed by atoms with E-state index in [4.69, 9.17) is 5.11 Å². The molecule has 0 fully saturated rings. The Kier molecular flexibility index (Phi) is 4.61. The maximum absolute atomic E-state index is 8.81. The predicted molar refractivity (Wildman–Crippen MR) is 72.0 cm³/mol. The standard InChI is InChI=1S/C15H17N2O/c18-13-12-17-10-7-14(8-11-17)6-9-16-15-4-2-1-3-5-15/h1-5,7-11,18H,6,12-13H2/q+1. The summed E-state index contributed by atoms with van der Waals surface area (Å²) in [5.41, 5.74) is 2.19. The van der Waals surface area contributed by atoms with E-state index >= 15 is 0 Å². The Bertz CT molecular complexity index is 492. The number of hydrogen-bond acceptors (Lipinski definition) is 2. The van der Waals surface area contributed by atoms with E-state index in [-0.39, 0.29) is 6.61 Å². The third-order valence-corrected chi connectivity index (χ3v) is 2.64. The smallest absolute Gasteiger partial charge is 0.171 e. The minimum Gasteiger partial charge on any atom is -0.390 e. The SMILES string of the molecule is OCC[n+]1ccc(CC=Nc2ccccc2)cc1. The van der Waals surface area contributed by atoms with Gasteiger partial charge in [-0.1, -0.05) is 18.2 Å². The first kappa shape index (κ1) is 12.5. The van der Waals surface area contributed by atoms with Crippen molar-refractivity contribution in [3.05, 3.63) is 60.4 Å². The van der Waals surface area contributed by atoms with E-state index in [1.54, 1.807) is 0 Å². The summed E-state index contributed by atoms with van der Waals surface area (Å²) in [5, 5.41) is 8.81. The number of aliphatic hydroxyl groups is 1. The van der Waals surface area contributed by atoms with Crippen molar-refractivity contribution in [3.8, 4) is 0 Å². The highest BCUT2D eigenvalue weighted by atomic mass is 16.3. The van der Waals surface area contributed by atoms with Crippen LogP contribution in [0, 0.1) is 0 Å². The van der Waals surface area contributed by atoms with Gasteiger partial charge in [-0.15, -0.1) is 0 Å². The first-order valence-electron chi connectivity index (χ1n) is 6.05. The van der Waals surface area contributed by atoms with E-state index < -0.39 is 0 Å². The van der Waals surface area contributed by atoms with Crippen LogP contribution in [0.15, 0.2) is 59.9 Å². The summed E-state index contributed by atoms with van der Waals surface area (Å²) in [5.74, 6) is 0. The third kappa shape index (κ3) is 3.79. The number of benzene rings is 1. The zero-order chi connectivity index (χ0) is 12.6. The number of aromatic nitrogens is 1. The monoisotopic (exact) mass is 241 g/mol. The summed E-state index contributed by atoms with van der Waals surface area (Å²) < 4.78 is 1.96. The van der Waals surface area contributed by atoms with Crippen LogP contribution in [0.25, 0.3) is 0 Å². The Labute approximate surface area is 107 Å². The summed E-state index contributed by atoms with van der Waals surface area (Å²) in [6.07, 6.45) is 6.68. The van der Waals surface area contributed by atoms with Crippen LogP contribution in [0.3, 0.4) is 0 Å². The van der Waals surface area contributed by atoms with Crippen molar-refractivity contribution in [2.45, 2.75) is 13.0 Å². The minimum atomic E-state index is 0.166. The first-order valence-corrected chi connectivity index (χ1v) is 6.05. The number of pyridine rings is 1. The zero-order valence-electron chi connectivity index (χ0n) is 10.2. The molecule has 1 aromatic carbocycles. The molecule has 1 N–H and O–H groups in total. The Morgan fingerprint density at radius 2 is 1.78 bits per heavy atom. The molecule has 92 valence electrons. The highest BCUT2D eigenvalue weighted by molar-refractivity contribution is 5.65. The average molecular weight is 241 g/mol. The number of nitrogens with zero attached hydrogens (tertiary/aromatic N) is 2. The van der Waals surface area contributed by atoms with Crippen LogP contribution in [0.4, 0.5) is 5.69 Å². The molecule has 0 radical (unpaired) electrons. The molecule has 0 atom stereocenters. The van der Waals surface area contributed by atoms with Crippen LogP contribution in [-0.2, 0) is 13.0 Å². The number of hydrogen-bond donors (Lipinski definition) is 1. The number of rotatable bonds is 5. The molecule has 0 aliphatic heterocycles. The highest BCUT2D eigenvalue weighted by Gasteiger charge is 1.98. The molecule has 0 spiro atoms. The molecule has 3 nitrogen and oxygen atoms in total. The predicted octanol–water partition coefficient (Wildman–Crippen LogP) is 1.91. The number of para-hydroxylation sites is 1. The van der Waals surface area contributed by atoms with Crippen molar-refractivity contribution in [3.63, 3.8) is 0 Å². The lowest BCUT2D eigenvalue weighted by Gasteiger charge is -1.96.